The van der Waals surface area contributed by atoms with Crippen molar-refractivity contribution in [3.05, 3.63) is 29.8 Å². The summed E-state index contributed by atoms with van der Waals surface area (Å²) in [7, 11) is 0. The van der Waals surface area contributed by atoms with Crippen molar-refractivity contribution in [3.8, 4) is 5.75 Å². The van der Waals surface area contributed by atoms with Crippen molar-refractivity contribution in [3.63, 3.8) is 0 Å². The van der Waals surface area contributed by atoms with Gasteiger partial charge in [-0.05, 0) is 37.5 Å². The van der Waals surface area contributed by atoms with Gasteiger partial charge >= 0.3 is 5.97 Å². The van der Waals surface area contributed by atoms with E-state index in [1.54, 1.807) is 6.07 Å². The van der Waals surface area contributed by atoms with Crippen molar-refractivity contribution < 1.29 is 19.4 Å². The molecule has 1 saturated carbocycles. The number of carbonyl (C=O) groups is 2. The molecule has 1 aliphatic rings. The molecular formula is C13H15NO4. The van der Waals surface area contributed by atoms with E-state index in [1.165, 1.54) is 0 Å². The first-order chi connectivity index (χ1) is 8.52. The number of aryl methyl sites for hydroxylation is 1. The van der Waals surface area contributed by atoms with Gasteiger partial charge in [0.15, 0.2) is 6.61 Å². The molecule has 0 heterocycles. The number of hydrogen-bond acceptors (Lipinski definition) is 3. The summed E-state index contributed by atoms with van der Waals surface area (Å²) < 4.78 is 5.30. The maximum Gasteiger partial charge on any atom is 0.329 e. The van der Waals surface area contributed by atoms with E-state index in [1.807, 2.05) is 25.1 Å². The number of carboxylic acids is 1. The highest BCUT2D eigenvalue weighted by atomic mass is 16.5. The zero-order chi connectivity index (χ0) is 13.2. The molecule has 5 nitrogen and oxygen atoms in total. The second-order valence-corrected chi connectivity index (χ2v) is 4.54. The van der Waals surface area contributed by atoms with Gasteiger partial charge in [-0.1, -0.05) is 12.1 Å². The van der Waals surface area contributed by atoms with Gasteiger partial charge in [0.25, 0.3) is 5.91 Å². The summed E-state index contributed by atoms with van der Waals surface area (Å²) in [5.74, 6) is -0.784. The largest absolute Gasteiger partial charge is 0.484 e. The molecule has 1 amide bonds. The highest BCUT2D eigenvalue weighted by Gasteiger charge is 2.51. The lowest BCUT2D eigenvalue weighted by atomic mass is 10.2. The van der Waals surface area contributed by atoms with Crippen molar-refractivity contribution in [1.82, 2.24) is 5.32 Å². The lowest BCUT2D eigenvalue weighted by molar-refractivity contribution is -0.143. The third kappa shape index (κ3) is 2.80. The molecule has 2 N–H and O–H groups in total. The van der Waals surface area contributed by atoms with Gasteiger partial charge in [-0.15, -0.1) is 0 Å². The Kier molecular flexibility index (Phi) is 3.23. The number of carboxylic acid groups (broad SMARTS) is 1. The maximum atomic E-state index is 11.6. The molecule has 1 aromatic rings. The van der Waals surface area contributed by atoms with E-state index < -0.39 is 17.4 Å². The Hall–Kier alpha value is -2.04. The Morgan fingerprint density at radius 3 is 2.72 bits per heavy atom. The Bertz CT molecular complexity index is 480. The fourth-order valence-electron chi connectivity index (χ4n) is 1.67. The molecule has 0 bridgehead atoms. The molecule has 0 aromatic heterocycles. The summed E-state index contributed by atoms with van der Waals surface area (Å²) in [5.41, 5.74) is -0.00958. The molecule has 0 saturated heterocycles. The Balaban J connectivity index is 1.84. The second-order valence-electron chi connectivity index (χ2n) is 4.54. The number of aliphatic carboxylic acids is 1. The lowest BCUT2D eigenvalue weighted by Crippen LogP contribution is -2.45. The van der Waals surface area contributed by atoms with E-state index in [2.05, 4.69) is 5.32 Å². The molecule has 18 heavy (non-hydrogen) atoms. The van der Waals surface area contributed by atoms with Crippen molar-refractivity contribution in [2.75, 3.05) is 6.61 Å². The van der Waals surface area contributed by atoms with Gasteiger partial charge < -0.3 is 15.2 Å². The summed E-state index contributed by atoms with van der Waals surface area (Å²) in [6, 6.07) is 7.33. The van der Waals surface area contributed by atoms with Crippen LogP contribution in [0.2, 0.25) is 0 Å². The van der Waals surface area contributed by atoms with E-state index >= 15 is 0 Å². The van der Waals surface area contributed by atoms with Crippen molar-refractivity contribution in [1.29, 1.82) is 0 Å². The molecule has 2 rings (SSSR count). The van der Waals surface area contributed by atoms with Crippen LogP contribution in [0.5, 0.6) is 5.75 Å². The number of rotatable bonds is 5. The summed E-state index contributed by atoms with van der Waals surface area (Å²) in [6.07, 6.45) is 0.969. The van der Waals surface area contributed by atoms with Gasteiger partial charge in [-0.2, -0.15) is 0 Å². The Morgan fingerprint density at radius 2 is 2.17 bits per heavy atom. The van der Waals surface area contributed by atoms with Crippen LogP contribution in [0.4, 0.5) is 0 Å². The molecule has 1 aliphatic carbocycles. The predicted molar refractivity (Wildman–Crippen MR) is 64.4 cm³/mol. The minimum absolute atomic E-state index is 0.168. The van der Waals surface area contributed by atoms with E-state index in [4.69, 9.17) is 9.84 Å². The minimum Gasteiger partial charge on any atom is -0.484 e. The van der Waals surface area contributed by atoms with Crippen LogP contribution < -0.4 is 10.1 Å². The SMILES string of the molecule is Cc1cccc(OCC(=O)NC2(C(=O)O)CC2)c1. The number of nitrogens with one attached hydrogen (secondary N) is 1. The van der Waals surface area contributed by atoms with Gasteiger partial charge in [-0.3, -0.25) is 4.79 Å². The number of ether oxygens (including phenoxy) is 1. The van der Waals surface area contributed by atoms with Crippen LogP contribution in [0.25, 0.3) is 0 Å². The fraction of sp³-hybridized carbons (Fsp3) is 0.385. The molecule has 0 spiro atoms. The third-order valence-electron chi connectivity index (χ3n) is 2.90. The van der Waals surface area contributed by atoms with Crippen LogP contribution in [-0.2, 0) is 9.59 Å². The van der Waals surface area contributed by atoms with Crippen LogP contribution in [0, 0.1) is 6.92 Å². The van der Waals surface area contributed by atoms with Crippen LogP contribution >= 0.6 is 0 Å². The summed E-state index contributed by atoms with van der Waals surface area (Å²) >= 11 is 0. The van der Waals surface area contributed by atoms with Crippen molar-refractivity contribution in [2.24, 2.45) is 0 Å². The zero-order valence-electron chi connectivity index (χ0n) is 10.1. The molecule has 5 heteroatoms. The molecule has 96 valence electrons. The van der Waals surface area contributed by atoms with Gasteiger partial charge in [0, 0.05) is 0 Å². The third-order valence-corrected chi connectivity index (χ3v) is 2.90. The molecule has 0 aliphatic heterocycles. The Morgan fingerprint density at radius 1 is 1.44 bits per heavy atom. The molecule has 0 unspecified atom stereocenters. The van der Waals surface area contributed by atoms with Crippen molar-refractivity contribution >= 4 is 11.9 Å². The smallest absolute Gasteiger partial charge is 0.329 e. The monoisotopic (exact) mass is 249 g/mol. The first-order valence-corrected chi connectivity index (χ1v) is 5.76. The topological polar surface area (TPSA) is 75.6 Å². The number of amides is 1. The maximum absolute atomic E-state index is 11.6. The van der Waals surface area contributed by atoms with Crippen molar-refractivity contribution in [2.45, 2.75) is 25.3 Å². The first-order valence-electron chi connectivity index (χ1n) is 5.76. The number of carbonyl (C=O) groups excluding carboxylic acids is 1. The summed E-state index contributed by atoms with van der Waals surface area (Å²) in [4.78, 5) is 22.4. The molecule has 1 fully saturated rings. The molecule has 0 radical (unpaired) electrons. The normalized spacial score (nSPS) is 15.8. The molecular weight excluding hydrogens is 234 g/mol. The second kappa shape index (κ2) is 4.68. The standard InChI is InChI=1S/C13H15NO4/c1-9-3-2-4-10(7-9)18-8-11(15)14-13(5-6-13)12(16)17/h2-4,7H,5-6,8H2,1H3,(H,14,15)(H,16,17). The van der Waals surface area contributed by atoms with Gasteiger partial charge in [0.05, 0.1) is 0 Å². The molecule has 1 aromatic carbocycles. The summed E-state index contributed by atoms with van der Waals surface area (Å²) in [6.45, 7) is 1.76. The highest BCUT2D eigenvalue weighted by Crippen LogP contribution is 2.35. The van der Waals surface area contributed by atoms with Gasteiger partial charge in [-0.25, -0.2) is 4.79 Å². The number of benzene rings is 1. The molecule has 0 atom stereocenters. The van der Waals surface area contributed by atoms with Gasteiger partial charge in [0.2, 0.25) is 0 Å². The van der Waals surface area contributed by atoms with E-state index in [-0.39, 0.29) is 6.61 Å². The van der Waals surface area contributed by atoms with Crippen LogP contribution in [-0.4, -0.2) is 29.1 Å². The summed E-state index contributed by atoms with van der Waals surface area (Å²) in [5, 5.41) is 11.4. The zero-order valence-corrected chi connectivity index (χ0v) is 10.1. The average molecular weight is 249 g/mol. The van der Waals surface area contributed by atoms with Crippen LogP contribution in [0.1, 0.15) is 18.4 Å². The predicted octanol–water partition coefficient (Wildman–Crippen LogP) is 1.11. The fourth-order valence-corrected chi connectivity index (χ4v) is 1.67. The quantitative estimate of drug-likeness (QED) is 0.819. The van der Waals surface area contributed by atoms with E-state index in [0.717, 1.165) is 5.56 Å². The number of hydrogen-bond donors (Lipinski definition) is 2. The Labute approximate surface area is 105 Å². The first kappa shape index (κ1) is 12.4. The average Bonchev–Trinajstić information content (AvgIpc) is 3.08. The van der Waals surface area contributed by atoms with E-state index in [9.17, 15) is 9.59 Å². The van der Waals surface area contributed by atoms with Gasteiger partial charge in [0.1, 0.15) is 11.3 Å². The highest BCUT2D eigenvalue weighted by molar-refractivity contribution is 5.90. The minimum atomic E-state index is -1.05. The van der Waals surface area contributed by atoms with Crippen LogP contribution in [0.15, 0.2) is 24.3 Å². The lowest BCUT2D eigenvalue weighted by Gasteiger charge is -2.13. The van der Waals surface area contributed by atoms with E-state index in [0.29, 0.717) is 18.6 Å². The van der Waals surface area contributed by atoms with Crippen LogP contribution in [0.3, 0.4) is 0 Å².